The van der Waals surface area contributed by atoms with Crippen molar-refractivity contribution in [1.82, 2.24) is 9.88 Å². The van der Waals surface area contributed by atoms with Crippen LogP contribution in [0.3, 0.4) is 0 Å². The number of rotatable bonds is 17. The van der Waals surface area contributed by atoms with Gasteiger partial charge in [0.15, 0.2) is 0 Å². The third-order valence-electron chi connectivity index (χ3n) is 8.57. The third-order valence-corrected chi connectivity index (χ3v) is 8.57. The van der Waals surface area contributed by atoms with Crippen molar-refractivity contribution in [1.29, 1.82) is 0 Å². The van der Waals surface area contributed by atoms with Crippen LogP contribution < -0.4 is 23.7 Å². The van der Waals surface area contributed by atoms with E-state index in [1.165, 1.54) is 0 Å². The summed E-state index contributed by atoms with van der Waals surface area (Å²) in [4.78, 5) is 30.1. The van der Waals surface area contributed by atoms with Gasteiger partial charge in [0, 0.05) is 24.6 Å². The molecule has 0 spiro atoms. The van der Waals surface area contributed by atoms with Gasteiger partial charge in [-0.3, -0.25) is 9.69 Å². The molecule has 1 N–H and O–H groups in total. The van der Waals surface area contributed by atoms with Crippen molar-refractivity contribution >= 4 is 12.1 Å². The van der Waals surface area contributed by atoms with E-state index in [-0.39, 0.29) is 18.4 Å². The van der Waals surface area contributed by atoms with Gasteiger partial charge in [0.1, 0.15) is 47.7 Å². The second-order valence-electron chi connectivity index (χ2n) is 13.2. The van der Waals surface area contributed by atoms with Crippen molar-refractivity contribution in [2.45, 2.75) is 52.4 Å². The number of amides is 1. The number of carboxylic acid groups (broad SMARTS) is 1. The molecule has 1 aliphatic carbocycles. The minimum absolute atomic E-state index is 0.0312. The van der Waals surface area contributed by atoms with Crippen LogP contribution >= 0.6 is 0 Å². The number of aromatic nitrogens is 1. The first-order valence-corrected chi connectivity index (χ1v) is 18.9. The summed E-state index contributed by atoms with van der Waals surface area (Å²) in [6.07, 6.45) is 2.00. The lowest BCUT2D eigenvalue weighted by atomic mass is 10.2. The molecular formula is C46H46N2O9. The quantitative estimate of drug-likeness (QED) is 0.0957. The van der Waals surface area contributed by atoms with E-state index in [9.17, 15) is 14.7 Å². The number of carboxylic acids is 1. The van der Waals surface area contributed by atoms with E-state index < -0.39 is 18.6 Å². The summed E-state index contributed by atoms with van der Waals surface area (Å²) < 4.78 is 34.1. The summed E-state index contributed by atoms with van der Waals surface area (Å²) in [5, 5.41) is 9.40. The molecule has 11 heteroatoms. The average molecular weight is 771 g/mol. The Hall–Kier alpha value is -6.75. The van der Waals surface area contributed by atoms with Crippen molar-refractivity contribution in [3.8, 4) is 40.2 Å². The predicted octanol–water partition coefficient (Wildman–Crippen LogP) is 9.56. The van der Waals surface area contributed by atoms with Crippen LogP contribution in [-0.4, -0.2) is 52.9 Å². The SMILES string of the molecule is CCOc1cccc(COc2ccccc2)c1.Cc1oc(-c2ccccc2)nc1CCOc1cccc(CN(CC(=O)O)C(=O)Oc2cccc(OC3CC3)c2)c1. The number of aliphatic carboxylic acids is 1. The lowest BCUT2D eigenvalue weighted by Crippen LogP contribution is -2.37. The highest BCUT2D eigenvalue weighted by Gasteiger charge is 2.24. The predicted molar refractivity (Wildman–Crippen MR) is 215 cm³/mol. The largest absolute Gasteiger partial charge is 0.494 e. The number of ether oxygens (including phenoxy) is 5. The van der Waals surface area contributed by atoms with Crippen LogP contribution in [0.15, 0.2) is 138 Å². The Balaban J connectivity index is 0.000000269. The Labute approximate surface area is 332 Å². The van der Waals surface area contributed by atoms with Crippen LogP contribution in [-0.2, 0) is 24.4 Å². The van der Waals surface area contributed by atoms with Gasteiger partial charge >= 0.3 is 12.1 Å². The molecule has 1 aromatic heterocycles. The van der Waals surface area contributed by atoms with Crippen LogP contribution in [0.4, 0.5) is 4.79 Å². The zero-order valence-corrected chi connectivity index (χ0v) is 32.0. The van der Waals surface area contributed by atoms with Crippen LogP contribution in [0.25, 0.3) is 11.5 Å². The zero-order valence-electron chi connectivity index (χ0n) is 32.0. The molecule has 0 saturated heterocycles. The highest BCUT2D eigenvalue weighted by molar-refractivity contribution is 5.78. The van der Waals surface area contributed by atoms with Crippen molar-refractivity contribution < 1.29 is 42.8 Å². The van der Waals surface area contributed by atoms with Gasteiger partial charge in [-0.25, -0.2) is 9.78 Å². The topological polar surface area (TPSA) is 130 Å². The number of nitrogens with zero attached hydrogens (tertiary/aromatic N) is 2. The van der Waals surface area contributed by atoms with Crippen LogP contribution in [0.5, 0.6) is 28.7 Å². The van der Waals surface area contributed by atoms with E-state index in [0.29, 0.717) is 49.2 Å². The number of benzene rings is 5. The lowest BCUT2D eigenvalue weighted by Gasteiger charge is -2.20. The van der Waals surface area contributed by atoms with E-state index in [0.717, 1.165) is 51.8 Å². The van der Waals surface area contributed by atoms with Gasteiger partial charge in [0.25, 0.3) is 0 Å². The Kier molecular flexibility index (Phi) is 14.2. The zero-order chi connectivity index (χ0) is 39.8. The van der Waals surface area contributed by atoms with Crippen LogP contribution in [0, 0.1) is 6.92 Å². The maximum Gasteiger partial charge on any atom is 0.416 e. The summed E-state index contributed by atoms with van der Waals surface area (Å²) in [7, 11) is 0. The minimum atomic E-state index is -1.15. The molecule has 1 fully saturated rings. The van der Waals surface area contributed by atoms with E-state index in [1.54, 1.807) is 48.5 Å². The molecule has 1 aliphatic rings. The van der Waals surface area contributed by atoms with E-state index in [2.05, 4.69) is 4.98 Å². The smallest absolute Gasteiger partial charge is 0.416 e. The monoisotopic (exact) mass is 770 g/mol. The fourth-order valence-corrected chi connectivity index (χ4v) is 5.66. The van der Waals surface area contributed by atoms with Gasteiger partial charge in [-0.1, -0.05) is 66.7 Å². The van der Waals surface area contributed by atoms with Crippen LogP contribution in [0.2, 0.25) is 0 Å². The second-order valence-corrected chi connectivity index (χ2v) is 13.2. The molecule has 1 saturated carbocycles. The highest BCUT2D eigenvalue weighted by atomic mass is 16.6. The average Bonchev–Trinajstić information content (AvgIpc) is 3.96. The molecule has 1 amide bonds. The number of aryl methyl sites for hydroxylation is 1. The van der Waals surface area contributed by atoms with Crippen molar-refractivity contribution in [2.24, 2.45) is 0 Å². The number of carbonyl (C=O) groups is 2. The molecule has 0 unspecified atom stereocenters. The van der Waals surface area contributed by atoms with Crippen molar-refractivity contribution in [3.63, 3.8) is 0 Å². The Morgan fingerprint density at radius 2 is 1.37 bits per heavy atom. The first-order chi connectivity index (χ1) is 27.8. The second kappa shape index (κ2) is 20.2. The summed E-state index contributed by atoms with van der Waals surface area (Å²) in [5.74, 6) is 3.43. The van der Waals surface area contributed by atoms with Gasteiger partial charge in [-0.15, -0.1) is 0 Å². The van der Waals surface area contributed by atoms with Crippen molar-refractivity contribution in [2.75, 3.05) is 19.8 Å². The molecule has 7 rings (SSSR count). The van der Waals surface area contributed by atoms with E-state index in [1.807, 2.05) is 98.8 Å². The molecule has 0 atom stereocenters. The Bertz CT molecular complexity index is 2190. The third kappa shape index (κ3) is 12.9. The molecule has 6 aromatic rings. The number of hydrogen-bond donors (Lipinski definition) is 1. The maximum atomic E-state index is 12.9. The fourth-order valence-electron chi connectivity index (χ4n) is 5.66. The van der Waals surface area contributed by atoms with E-state index in [4.69, 9.17) is 28.1 Å². The standard InChI is InChI=1S/C31H30N2O7.C15H16O2/c1-21-28(32-30(38-21)23-8-3-2-4-9-23)15-16-37-25-10-5-7-22(17-25)19-33(20-29(34)35)31(36)40-27-12-6-11-26(18-27)39-24-13-14-24;1-2-16-15-10-6-7-13(11-15)12-17-14-8-4-3-5-9-14/h2-12,17-18,24H,13-16,19-20H2,1H3,(H,34,35);3-11H,2,12H2,1H3. The molecule has 294 valence electrons. The number of para-hydroxylation sites is 1. The van der Waals surface area contributed by atoms with Gasteiger partial charge in [-0.05, 0) is 98.5 Å². The summed E-state index contributed by atoms with van der Waals surface area (Å²) >= 11 is 0. The maximum absolute atomic E-state index is 12.9. The van der Waals surface area contributed by atoms with E-state index >= 15 is 0 Å². The number of oxazole rings is 1. The summed E-state index contributed by atoms with van der Waals surface area (Å²) in [5.41, 5.74) is 3.54. The van der Waals surface area contributed by atoms with Gasteiger partial charge in [0.2, 0.25) is 5.89 Å². The first-order valence-electron chi connectivity index (χ1n) is 18.9. The molecule has 0 radical (unpaired) electrons. The molecule has 5 aromatic carbocycles. The summed E-state index contributed by atoms with van der Waals surface area (Å²) in [6.45, 7) is 4.98. The molecule has 0 bridgehead atoms. The summed E-state index contributed by atoms with van der Waals surface area (Å²) in [6, 6.07) is 41.4. The molecular weight excluding hydrogens is 725 g/mol. The molecule has 57 heavy (non-hydrogen) atoms. The number of hydrogen-bond acceptors (Lipinski definition) is 9. The Morgan fingerprint density at radius 1 is 0.737 bits per heavy atom. The normalized spacial score (nSPS) is 11.8. The molecule has 0 aliphatic heterocycles. The van der Waals surface area contributed by atoms with Gasteiger partial charge in [-0.2, -0.15) is 0 Å². The number of carbonyl (C=O) groups excluding carboxylic acids is 1. The van der Waals surface area contributed by atoms with Crippen molar-refractivity contribution in [3.05, 3.63) is 156 Å². The van der Waals surface area contributed by atoms with Gasteiger partial charge in [0.05, 0.1) is 25.0 Å². The highest BCUT2D eigenvalue weighted by Crippen LogP contribution is 2.29. The van der Waals surface area contributed by atoms with Crippen LogP contribution in [0.1, 0.15) is 42.3 Å². The molecule has 1 heterocycles. The Morgan fingerprint density at radius 3 is 2.09 bits per heavy atom. The lowest BCUT2D eigenvalue weighted by molar-refractivity contribution is -0.138. The minimum Gasteiger partial charge on any atom is -0.494 e. The fraction of sp³-hybridized carbons (Fsp3) is 0.239. The first kappa shape index (κ1) is 39.9. The molecule has 11 nitrogen and oxygen atoms in total. The van der Waals surface area contributed by atoms with Gasteiger partial charge < -0.3 is 33.2 Å².